The molecule has 1 aromatic rings. The van der Waals surface area contributed by atoms with Gasteiger partial charge in [0, 0.05) is 31.8 Å². The van der Waals surface area contributed by atoms with Crippen LogP contribution in [0.5, 0.6) is 5.75 Å². The molecular formula is C20H30F3N4O2P. The minimum absolute atomic E-state index is 0.0203. The van der Waals surface area contributed by atoms with Gasteiger partial charge in [0.05, 0.1) is 6.20 Å². The number of alkyl halides is 3. The number of nitrogens with zero attached hydrogens (tertiary/aromatic N) is 3. The second-order valence-electron chi connectivity index (χ2n) is 7.98. The van der Waals surface area contributed by atoms with Crippen LogP contribution in [-0.4, -0.2) is 61.2 Å². The van der Waals surface area contributed by atoms with E-state index in [-0.39, 0.29) is 17.6 Å². The average molecular weight is 446 g/mol. The summed E-state index contributed by atoms with van der Waals surface area (Å²) in [5.74, 6) is 1.04. The van der Waals surface area contributed by atoms with E-state index in [0.717, 1.165) is 38.5 Å². The Labute approximate surface area is 177 Å². The lowest BCUT2D eigenvalue weighted by Gasteiger charge is -2.33. The monoisotopic (exact) mass is 446 g/mol. The number of pyridine rings is 1. The normalized spacial score (nSPS) is 19.7. The minimum atomic E-state index is -4.72. The Bertz CT molecular complexity index is 674. The average Bonchev–Trinajstić information content (AvgIpc) is 2.74. The fourth-order valence-corrected chi connectivity index (χ4v) is 4.49. The predicted octanol–water partition coefficient (Wildman–Crippen LogP) is 3.25. The number of rotatable bonds is 7. The highest BCUT2D eigenvalue weighted by atomic mass is 31.0. The van der Waals surface area contributed by atoms with Crippen molar-refractivity contribution in [3.63, 3.8) is 0 Å². The molecule has 6 nitrogen and oxygen atoms in total. The van der Waals surface area contributed by atoms with Gasteiger partial charge in [-0.3, -0.25) is 9.69 Å². The van der Waals surface area contributed by atoms with Crippen molar-refractivity contribution < 1.29 is 22.7 Å². The van der Waals surface area contributed by atoms with Gasteiger partial charge in [-0.2, -0.15) is 0 Å². The summed E-state index contributed by atoms with van der Waals surface area (Å²) in [5.41, 5.74) is 0. The van der Waals surface area contributed by atoms with Gasteiger partial charge in [-0.15, -0.1) is 22.4 Å². The highest BCUT2D eigenvalue weighted by molar-refractivity contribution is 7.16. The third kappa shape index (κ3) is 6.98. The summed E-state index contributed by atoms with van der Waals surface area (Å²) >= 11 is 0. The number of hydrogen-bond acceptors (Lipinski definition) is 5. The first-order valence-electron chi connectivity index (χ1n) is 10.5. The van der Waals surface area contributed by atoms with Crippen molar-refractivity contribution in [1.29, 1.82) is 0 Å². The topological polar surface area (TPSA) is 57.7 Å². The van der Waals surface area contributed by atoms with E-state index in [1.165, 1.54) is 25.0 Å². The molecule has 0 aromatic carbocycles. The molecule has 1 aromatic heterocycles. The maximum Gasteiger partial charge on any atom is 0.573 e. The van der Waals surface area contributed by atoms with Crippen LogP contribution in [0.25, 0.3) is 0 Å². The number of nitrogens with one attached hydrogen (secondary N) is 1. The summed E-state index contributed by atoms with van der Waals surface area (Å²) in [4.78, 5) is 21.0. The van der Waals surface area contributed by atoms with Crippen LogP contribution in [-0.2, 0) is 4.79 Å². The maximum atomic E-state index is 12.5. The molecule has 0 spiro atoms. The van der Waals surface area contributed by atoms with Gasteiger partial charge in [-0.05, 0) is 63.2 Å². The van der Waals surface area contributed by atoms with Crippen LogP contribution in [0.3, 0.4) is 0 Å². The van der Waals surface area contributed by atoms with Crippen molar-refractivity contribution in [1.82, 2.24) is 15.2 Å². The first-order valence-corrected chi connectivity index (χ1v) is 11.3. The standard InChI is InChI=1S/C20H30F3N4O2P/c21-20(22,23)29-17-1-2-18(25-13-17)27-11-6-16(7-12-27)19(28)24-8-3-15-4-9-26(14-30)10-5-15/h1-2,13,15-16H,3-12,14,30H2,(H,24,28). The van der Waals surface area contributed by atoms with E-state index >= 15 is 0 Å². The van der Waals surface area contributed by atoms with Gasteiger partial charge >= 0.3 is 6.36 Å². The molecule has 2 aliphatic rings. The molecule has 30 heavy (non-hydrogen) atoms. The maximum absolute atomic E-state index is 12.5. The van der Waals surface area contributed by atoms with E-state index in [1.807, 2.05) is 4.90 Å². The zero-order valence-electron chi connectivity index (χ0n) is 17.0. The molecule has 10 heteroatoms. The number of ether oxygens (including phenoxy) is 1. The van der Waals surface area contributed by atoms with Crippen molar-refractivity contribution >= 4 is 21.0 Å². The van der Waals surface area contributed by atoms with Gasteiger partial charge in [-0.25, -0.2) is 4.98 Å². The van der Waals surface area contributed by atoms with Gasteiger partial charge in [0.2, 0.25) is 5.91 Å². The highest BCUT2D eigenvalue weighted by Crippen LogP contribution is 2.26. The van der Waals surface area contributed by atoms with E-state index < -0.39 is 6.36 Å². The van der Waals surface area contributed by atoms with Crippen LogP contribution in [0.4, 0.5) is 19.0 Å². The number of aromatic nitrogens is 1. The Hall–Kier alpha value is -1.60. The van der Waals surface area contributed by atoms with Crippen LogP contribution in [0.2, 0.25) is 0 Å². The lowest BCUT2D eigenvalue weighted by Crippen LogP contribution is -2.41. The smallest absolute Gasteiger partial charge is 0.404 e. The Kier molecular flexibility index (Phi) is 8.17. The Morgan fingerprint density at radius 3 is 2.43 bits per heavy atom. The molecule has 1 amide bonds. The molecule has 1 N–H and O–H groups in total. The summed E-state index contributed by atoms with van der Waals surface area (Å²) in [6.45, 7) is 4.30. The molecule has 3 rings (SSSR count). The van der Waals surface area contributed by atoms with Gasteiger partial charge in [0.25, 0.3) is 0 Å². The largest absolute Gasteiger partial charge is 0.573 e. The van der Waals surface area contributed by atoms with Crippen molar-refractivity contribution in [3.05, 3.63) is 18.3 Å². The van der Waals surface area contributed by atoms with E-state index in [1.54, 1.807) is 0 Å². The first kappa shape index (κ1) is 23.1. The zero-order valence-corrected chi connectivity index (χ0v) is 18.2. The molecular weight excluding hydrogens is 416 g/mol. The van der Waals surface area contributed by atoms with E-state index in [2.05, 4.69) is 29.2 Å². The molecule has 2 saturated heterocycles. The Morgan fingerprint density at radius 2 is 1.87 bits per heavy atom. The number of hydrogen-bond donors (Lipinski definition) is 1. The van der Waals surface area contributed by atoms with E-state index in [9.17, 15) is 18.0 Å². The Balaban J connectivity index is 1.36. The van der Waals surface area contributed by atoms with Gasteiger partial charge < -0.3 is 15.0 Å². The lowest BCUT2D eigenvalue weighted by molar-refractivity contribution is -0.274. The number of halogens is 3. The van der Waals surface area contributed by atoms with Crippen LogP contribution in [0, 0.1) is 11.8 Å². The lowest BCUT2D eigenvalue weighted by atomic mass is 9.93. The predicted molar refractivity (Wildman–Crippen MR) is 112 cm³/mol. The molecule has 3 heterocycles. The van der Waals surface area contributed by atoms with Crippen LogP contribution in [0.1, 0.15) is 32.1 Å². The van der Waals surface area contributed by atoms with Gasteiger partial charge in [0.15, 0.2) is 0 Å². The number of anilines is 1. The number of carbonyl (C=O) groups excluding carboxylic acids is 1. The Morgan fingerprint density at radius 1 is 1.17 bits per heavy atom. The van der Waals surface area contributed by atoms with Crippen molar-refractivity contribution in [3.8, 4) is 5.75 Å². The zero-order chi connectivity index (χ0) is 21.6. The minimum Gasteiger partial charge on any atom is -0.404 e. The van der Waals surface area contributed by atoms with Crippen molar-refractivity contribution in [2.75, 3.05) is 43.9 Å². The summed E-state index contributed by atoms with van der Waals surface area (Å²) in [5, 5.41) is 3.09. The fourth-order valence-electron chi connectivity index (χ4n) is 4.13. The molecule has 0 saturated carbocycles. The summed E-state index contributed by atoms with van der Waals surface area (Å²) in [7, 11) is 2.77. The second-order valence-corrected chi connectivity index (χ2v) is 8.35. The summed E-state index contributed by atoms with van der Waals surface area (Å²) in [6.07, 6.45) is 2.23. The van der Waals surface area contributed by atoms with E-state index in [0.29, 0.717) is 37.7 Å². The van der Waals surface area contributed by atoms with Gasteiger partial charge in [-0.1, -0.05) is 0 Å². The number of likely N-dealkylation sites (tertiary alicyclic amines) is 1. The van der Waals surface area contributed by atoms with Crippen molar-refractivity contribution in [2.45, 2.75) is 38.5 Å². The molecule has 0 bridgehead atoms. The van der Waals surface area contributed by atoms with E-state index in [4.69, 9.17) is 0 Å². The summed E-state index contributed by atoms with van der Waals surface area (Å²) < 4.78 is 40.6. The van der Waals surface area contributed by atoms with Crippen LogP contribution < -0.4 is 15.0 Å². The summed E-state index contributed by atoms with van der Waals surface area (Å²) in [6, 6.07) is 2.78. The molecule has 2 fully saturated rings. The first-order chi connectivity index (χ1) is 14.3. The molecule has 0 aliphatic carbocycles. The number of carbonyl (C=O) groups is 1. The van der Waals surface area contributed by atoms with Crippen LogP contribution in [0.15, 0.2) is 18.3 Å². The van der Waals surface area contributed by atoms with Crippen LogP contribution >= 0.6 is 9.24 Å². The molecule has 1 unspecified atom stereocenters. The highest BCUT2D eigenvalue weighted by Gasteiger charge is 2.31. The van der Waals surface area contributed by atoms with Gasteiger partial charge in [0.1, 0.15) is 11.6 Å². The molecule has 168 valence electrons. The number of amides is 1. The van der Waals surface area contributed by atoms with Crippen molar-refractivity contribution in [2.24, 2.45) is 11.8 Å². The third-order valence-corrected chi connectivity index (χ3v) is 6.48. The SMILES string of the molecule is O=C(NCCC1CCN(CP)CC1)C1CCN(c2ccc(OC(F)(F)F)cn2)CC1. The second kappa shape index (κ2) is 10.6. The third-order valence-electron chi connectivity index (χ3n) is 5.96. The molecule has 1 atom stereocenters. The molecule has 0 radical (unpaired) electrons. The fraction of sp³-hybridized carbons (Fsp3) is 0.700. The molecule has 2 aliphatic heterocycles. The quantitative estimate of drug-likeness (QED) is 0.652. The number of piperidine rings is 2.